The van der Waals surface area contributed by atoms with Crippen LogP contribution in [0.4, 0.5) is 8.78 Å². The number of halogens is 2. The van der Waals surface area contributed by atoms with E-state index in [4.69, 9.17) is 10.5 Å². The first-order valence-electron chi connectivity index (χ1n) is 6.18. The topological polar surface area (TPSA) is 35.2 Å². The molecule has 0 heterocycles. The van der Waals surface area contributed by atoms with Crippen molar-refractivity contribution in [3.8, 4) is 5.75 Å². The summed E-state index contributed by atoms with van der Waals surface area (Å²) in [6, 6.07) is 5.74. The lowest BCUT2D eigenvalue weighted by Gasteiger charge is -2.38. The van der Waals surface area contributed by atoms with Crippen LogP contribution in [-0.2, 0) is 5.54 Å². The molecule has 4 heteroatoms. The number of rotatable bonds is 2. The quantitative estimate of drug-likeness (QED) is 0.879. The average Bonchev–Trinajstić information content (AvgIpc) is 2.33. The number of ether oxygens (including phenoxy) is 1. The van der Waals surface area contributed by atoms with Gasteiger partial charge in [-0.05, 0) is 31.4 Å². The second kappa shape index (κ2) is 4.50. The van der Waals surface area contributed by atoms with Crippen molar-refractivity contribution in [2.24, 2.45) is 5.73 Å². The zero-order valence-electron chi connectivity index (χ0n) is 10.8. The van der Waals surface area contributed by atoms with Crippen molar-refractivity contribution in [1.29, 1.82) is 0 Å². The molecular weight excluding hydrogens is 236 g/mol. The van der Waals surface area contributed by atoms with Gasteiger partial charge in [-0.2, -0.15) is 0 Å². The van der Waals surface area contributed by atoms with Gasteiger partial charge in [0, 0.05) is 23.9 Å². The van der Waals surface area contributed by atoms with Gasteiger partial charge in [-0.15, -0.1) is 0 Å². The first-order chi connectivity index (χ1) is 8.36. The zero-order valence-corrected chi connectivity index (χ0v) is 10.8. The molecule has 18 heavy (non-hydrogen) atoms. The molecule has 1 fully saturated rings. The van der Waals surface area contributed by atoms with Crippen molar-refractivity contribution < 1.29 is 13.5 Å². The van der Waals surface area contributed by atoms with E-state index >= 15 is 0 Å². The van der Waals surface area contributed by atoms with Gasteiger partial charge < -0.3 is 10.5 Å². The smallest absolute Gasteiger partial charge is 0.248 e. The van der Waals surface area contributed by atoms with Crippen LogP contribution in [0.3, 0.4) is 0 Å². The number of alkyl halides is 2. The van der Waals surface area contributed by atoms with E-state index in [1.54, 1.807) is 7.11 Å². The average molecular weight is 255 g/mol. The molecule has 1 aliphatic rings. The van der Waals surface area contributed by atoms with Crippen molar-refractivity contribution in [1.82, 2.24) is 0 Å². The molecule has 1 aliphatic carbocycles. The molecule has 0 bridgehead atoms. The molecule has 2 rings (SSSR count). The highest BCUT2D eigenvalue weighted by Crippen LogP contribution is 2.44. The van der Waals surface area contributed by atoms with Gasteiger partial charge in [0.05, 0.1) is 7.11 Å². The predicted molar refractivity (Wildman–Crippen MR) is 67.0 cm³/mol. The molecular formula is C14H19F2NO. The van der Waals surface area contributed by atoms with Crippen molar-refractivity contribution in [3.05, 3.63) is 29.3 Å². The molecule has 2 nitrogen and oxygen atoms in total. The Bertz CT molecular complexity index is 435. The van der Waals surface area contributed by atoms with Crippen LogP contribution >= 0.6 is 0 Å². The highest BCUT2D eigenvalue weighted by Gasteiger charge is 2.43. The van der Waals surface area contributed by atoms with Crippen LogP contribution in [0.2, 0.25) is 0 Å². The summed E-state index contributed by atoms with van der Waals surface area (Å²) in [5, 5.41) is 0. The van der Waals surface area contributed by atoms with Crippen molar-refractivity contribution >= 4 is 0 Å². The molecule has 0 aromatic heterocycles. The van der Waals surface area contributed by atoms with Crippen LogP contribution in [0.1, 0.15) is 36.8 Å². The second-order valence-electron chi connectivity index (χ2n) is 5.22. The van der Waals surface area contributed by atoms with Crippen molar-refractivity contribution in [2.45, 2.75) is 44.1 Å². The molecule has 0 radical (unpaired) electrons. The SMILES string of the molecule is COc1cc(C)ccc1C1(N)CCC(F)(F)CC1. The van der Waals surface area contributed by atoms with E-state index in [1.165, 1.54) is 0 Å². The maximum absolute atomic E-state index is 13.2. The minimum atomic E-state index is -2.57. The van der Waals surface area contributed by atoms with E-state index in [0.717, 1.165) is 11.1 Å². The lowest BCUT2D eigenvalue weighted by atomic mass is 9.75. The minimum absolute atomic E-state index is 0.152. The van der Waals surface area contributed by atoms with E-state index in [2.05, 4.69) is 0 Å². The lowest BCUT2D eigenvalue weighted by molar-refractivity contribution is -0.0516. The van der Waals surface area contributed by atoms with E-state index in [9.17, 15) is 8.78 Å². The molecule has 2 N–H and O–H groups in total. The van der Waals surface area contributed by atoms with Crippen LogP contribution in [-0.4, -0.2) is 13.0 Å². The fourth-order valence-electron chi connectivity index (χ4n) is 2.54. The van der Waals surface area contributed by atoms with Gasteiger partial charge in [0.25, 0.3) is 0 Å². The maximum atomic E-state index is 13.2. The molecule has 1 saturated carbocycles. The van der Waals surface area contributed by atoms with Crippen LogP contribution in [0, 0.1) is 6.92 Å². The summed E-state index contributed by atoms with van der Waals surface area (Å²) in [5.74, 6) is -1.87. The largest absolute Gasteiger partial charge is 0.496 e. The number of aryl methyl sites for hydroxylation is 1. The van der Waals surface area contributed by atoms with Gasteiger partial charge in [-0.3, -0.25) is 0 Å². The van der Waals surface area contributed by atoms with Gasteiger partial charge in [0.2, 0.25) is 5.92 Å². The Balaban J connectivity index is 2.31. The Hall–Kier alpha value is -1.16. The third kappa shape index (κ3) is 2.48. The number of hydrogen-bond donors (Lipinski definition) is 1. The number of methoxy groups -OCH3 is 1. The summed E-state index contributed by atoms with van der Waals surface area (Å²) in [7, 11) is 1.58. The first kappa shape index (κ1) is 13.3. The summed E-state index contributed by atoms with van der Waals surface area (Å²) in [6.45, 7) is 1.96. The van der Waals surface area contributed by atoms with E-state index in [0.29, 0.717) is 18.6 Å². The molecule has 0 amide bonds. The minimum Gasteiger partial charge on any atom is -0.496 e. The normalized spacial score (nSPS) is 21.6. The Kier molecular flexibility index (Phi) is 3.32. The predicted octanol–water partition coefficient (Wildman–Crippen LogP) is 3.37. The Labute approximate surface area is 106 Å². The molecule has 100 valence electrons. The van der Waals surface area contributed by atoms with Crippen LogP contribution < -0.4 is 10.5 Å². The fraction of sp³-hybridized carbons (Fsp3) is 0.571. The third-order valence-corrected chi connectivity index (χ3v) is 3.77. The summed E-state index contributed by atoms with van der Waals surface area (Å²) in [6.07, 6.45) is 0.278. The van der Waals surface area contributed by atoms with Gasteiger partial charge in [0.15, 0.2) is 0 Å². The summed E-state index contributed by atoms with van der Waals surface area (Å²) in [5.41, 5.74) is 7.53. The fourth-order valence-corrected chi connectivity index (χ4v) is 2.54. The first-order valence-corrected chi connectivity index (χ1v) is 6.18. The van der Waals surface area contributed by atoms with Crippen molar-refractivity contribution in [2.75, 3.05) is 7.11 Å². The molecule has 1 aromatic rings. The van der Waals surface area contributed by atoms with Crippen LogP contribution in [0.5, 0.6) is 5.75 Å². The van der Waals surface area contributed by atoms with E-state index in [1.807, 2.05) is 25.1 Å². The van der Waals surface area contributed by atoms with Gasteiger partial charge in [0.1, 0.15) is 5.75 Å². The van der Waals surface area contributed by atoms with Gasteiger partial charge in [-0.1, -0.05) is 12.1 Å². The summed E-state index contributed by atoms with van der Waals surface area (Å²) in [4.78, 5) is 0. The Morgan fingerprint density at radius 1 is 1.17 bits per heavy atom. The van der Waals surface area contributed by atoms with Crippen LogP contribution in [0.25, 0.3) is 0 Å². The Morgan fingerprint density at radius 2 is 1.78 bits per heavy atom. The molecule has 1 aromatic carbocycles. The summed E-state index contributed by atoms with van der Waals surface area (Å²) >= 11 is 0. The molecule has 0 unspecified atom stereocenters. The monoisotopic (exact) mass is 255 g/mol. The summed E-state index contributed by atoms with van der Waals surface area (Å²) < 4.78 is 31.8. The van der Waals surface area contributed by atoms with Gasteiger partial charge >= 0.3 is 0 Å². The molecule has 0 aliphatic heterocycles. The second-order valence-corrected chi connectivity index (χ2v) is 5.22. The number of hydrogen-bond acceptors (Lipinski definition) is 2. The van der Waals surface area contributed by atoms with Crippen LogP contribution in [0.15, 0.2) is 18.2 Å². The van der Waals surface area contributed by atoms with Gasteiger partial charge in [-0.25, -0.2) is 8.78 Å². The number of benzene rings is 1. The van der Waals surface area contributed by atoms with E-state index in [-0.39, 0.29) is 12.8 Å². The van der Waals surface area contributed by atoms with E-state index < -0.39 is 11.5 Å². The Morgan fingerprint density at radius 3 is 2.33 bits per heavy atom. The maximum Gasteiger partial charge on any atom is 0.248 e. The molecule has 0 saturated heterocycles. The molecule has 0 spiro atoms. The highest BCUT2D eigenvalue weighted by atomic mass is 19.3. The highest BCUT2D eigenvalue weighted by molar-refractivity contribution is 5.42. The standard InChI is InChI=1S/C14H19F2NO/c1-10-3-4-11(12(9-10)18-2)13(17)5-7-14(15,16)8-6-13/h3-4,9H,5-8,17H2,1-2H3. The lowest BCUT2D eigenvalue weighted by Crippen LogP contribution is -2.43. The zero-order chi connectivity index (χ0) is 13.4. The number of nitrogens with two attached hydrogens (primary N) is 1. The third-order valence-electron chi connectivity index (χ3n) is 3.77. The molecule has 0 atom stereocenters. The van der Waals surface area contributed by atoms with Crippen molar-refractivity contribution in [3.63, 3.8) is 0 Å².